The first-order valence-electron chi connectivity index (χ1n) is 6.67. The van der Waals surface area contributed by atoms with E-state index in [9.17, 15) is 4.79 Å². The highest BCUT2D eigenvalue weighted by atomic mass is 35.5. The van der Waals surface area contributed by atoms with E-state index < -0.39 is 0 Å². The third kappa shape index (κ3) is 5.10. The molecule has 0 saturated carbocycles. The van der Waals surface area contributed by atoms with E-state index >= 15 is 0 Å². The Kier molecular flexibility index (Phi) is 5.70. The summed E-state index contributed by atoms with van der Waals surface area (Å²) in [7, 11) is 0. The van der Waals surface area contributed by atoms with Crippen LogP contribution in [-0.4, -0.2) is 22.3 Å². The number of aromatic amines is 1. The van der Waals surface area contributed by atoms with Gasteiger partial charge in [0.15, 0.2) is 5.16 Å². The third-order valence-electron chi connectivity index (χ3n) is 2.74. The largest absolute Gasteiger partial charge is 0.493 e. The minimum Gasteiger partial charge on any atom is -0.493 e. The molecule has 4 nitrogen and oxygen atoms in total. The van der Waals surface area contributed by atoms with Gasteiger partial charge in [0.2, 0.25) is 0 Å². The SMILES string of the molecule is CC(C)c1cc(=O)[nH]c(SCCOc2ccc(Cl)cc2)n1. The molecule has 0 unspecified atom stereocenters. The van der Waals surface area contributed by atoms with Crippen LogP contribution in [0.4, 0.5) is 0 Å². The Balaban J connectivity index is 1.86. The van der Waals surface area contributed by atoms with Crippen LogP contribution in [-0.2, 0) is 0 Å². The molecule has 1 heterocycles. The smallest absolute Gasteiger partial charge is 0.251 e. The Morgan fingerprint density at radius 3 is 2.71 bits per heavy atom. The van der Waals surface area contributed by atoms with Crippen molar-refractivity contribution in [2.75, 3.05) is 12.4 Å². The predicted molar refractivity (Wildman–Crippen MR) is 86.6 cm³/mol. The Labute approximate surface area is 132 Å². The maximum Gasteiger partial charge on any atom is 0.251 e. The summed E-state index contributed by atoms with van der Waals surface area (Å²) in [6.07, 6.45) is 0. The van der Waals surface area contributed by atoms with Crippen LogP contribution in [0.3, 0.4) is 0 Å². The first-order valence-corrected chi connectivity index (χ1v) is 8.03. The van der Waals surface area contributed by atoms with Crippen LogP contribution in [0.1, 0.15) is 25.5 Å². The molecule has 1 N–H and O–H groups in total. The van der Waals surface area contributed by atoms with Crippen LogP contribution < -0.4 is 10.3 Å². The van der Waals surface area contributed by atoms with Gasteiger partial charge in [-0.05, 0) is 30.2 Å². The maximum absolute atomic E-state index is 11.5. The van der Waals surface area contributed by atoms with E-state index in [1.54, 1.807) is 18.2 Å². The Hall–Kier alpha value is -1.46. The zero-order valence-corrected chi connectivity index (χ0v) is 13.5. The van der Waals surface area contributed by atoms with Gasteiger partial charge >= 0.3 is 0 Å². The zero-order valence-electron chi connectivity index (χ0n) is 11.9. The van der Waals surface area contributed by atoms with E-state index in [0.717, 1.165) is 11.4 Å². The molecule has 0 saturated heterocycles. The minimum atomic E-state index is -0.116. The van der Waals surface area contributed by atoms with Crippen molar-refractivity contribution < 1.29 is 4.74 Å². The van der Waals surface area contributed by atoms with Gasteiger partial charge < -0.3 is 9.72 Å². The quantitative estimate of drug-likeness (QED) is 0.500. The van der Waals surface area contributed by atoms with E-state index in [2.05, 4.69) is 9.97 Å². The molecule has 0 aliphatic heterocycles. The van der Waals surface area contributed by atoms with Gasteiger partial charge in [-0.25, -0.2) is 4.98 Å². The summed E-state index contributed by atoms with van der Waals surface area (Å²) in [6, 6.07) is 8.77. The molecule has 1 aromatic heterocycles. The van der Waals surface area contributed by atoms with Crippen molar-refractivity contribution in [1.29, 1.82) is 0 Å². The van der Waals surface area contributed by atoms with E-state index in [4.69, 9.17) is 16.3 Å². The number of rotatable bonds is 6. The van der Waals surface area contributed by atoms with Crippen LogP contribution in [0.2, 0.25) is 5.02 Å². The standard InChI is InChI=1S/C15H17ClN2O2S/c1-10(2)13-9-14(19)18-15(17-13)21-8-7-20-12-5-3-11(16)4-6-12/h3-6,9-10H,7-8H2,1-2H3,(H,17,18,19). The van der Waals surface area contributed by atoms with Crippen molar-refractivity contribution in [3.63, 3.8) is 0 Å². The monoisotopic (exact) mass is 324 g/mol. The summed E-state index contributed by atoms with van der Waals surface area (Å²) in [5.74, 6) is 1.71. The summed E-state index contributed by atoms with van der Waals surface area (Å²) in [5.41, 5.74) is 0.690. The van der Waals surface area contributed by atoms with Gasteiger partial charge in [0.25, 0.3) is 5.56 Å². The van der Waals surface area contributed by atoms with Crippen molar-refractivity contribution in [2.45, 2.75) is 24.9 Å². The number of ether oxygens (including phenoxy) is 1. The average molecular weight is 325 g/mol. The molecule has 2 aromatic rings. The fourth-order valence-corrected chi connectivity index (χ4v) is 2.47. The Bertz CT molecular complexity index is 641. The fourth-order valence-electron chi connectivity index (χ4n) is 1.65. The highest BCUT2D eigenvalue weighted by Gasteiger charge is 2.05. The second kappa shape index (κ2) is 7.52. The lowest BCUT2D eigenvalue weighted by Gasteiger charge is -2.07. The van der Waals surface area contributed by atoms with Crippen molar-refractivity contribution in [3.05, 3.63) is 51.4 Å². The Morgan fingerprint density at radius 1 is 1.33 bits per heavy atom. The van der Waals surface area contributed by atoms with Crippen LogP contribution in [0.5, 0.6) is 5.75 Å². The van der Waals surface area contributed by atoms with Crippen molar-refractivity contribution in [3.8, 4) is 5.75 Å². The van der Waals surface area contributed by atoms with Gasteiger partial charge in [0.1, 0.15) is 5.75 Å². The molecule has 0 aliphatic carbocycles. The second-order valence-corrected chi connectivity index (χ2v) is 6.30. The number of hydrogen-bond acceptors (Lipinski definition) is 4. The third-order valence-corrected chi connectivity index (χ3v) is 3.83. The molecule has 0 bridgehead atoms. The molecule has 0 atom stereocenters. The van der Waals surface area contributed by atoms with Crippen LogP contribution >= 0.6 is 23.4 Å². The van der Waals surface area contributed by atoms with Crippen molar-refractivity contribution in [2.24, 2.45) is 0 Å². The van der Waals surface area contributed by atoms with Gasteiger partial charge in [-0.15, -0.1) is 0 Å². The van der Waals surface area contributed by atoms with Crippen molar-refractivity contribution in [1.82, 2.24) is 9.97 Å². The van der Waals surface area contributed by atoms with E-state index in [0.29, 0.717) is 22.5 Å². The number of aromatic nitrogens is 2. The first-order chi connectivity index (χ1) is 10.0. The molecule has 0 amide bonds. The molecule has 0 radical (unpaired) electrons. The van der Waals surface area contributed by atoms with E-state index in [1.165, 1.54) is 11.8 Å². The van der Waals surface area contributed by atoms with Crippen molar-refractivity contribution >= 4 is 23.4 Å². The van der Waals surface area contributed by atoms with Gasteiger partial charge in [-0.2, -0.15) is 0 Å². The lowest BCUT2D eigenvalue weighted by molar-refractivity contribution is 0.344. The first kappa shape index (κ1) is 15.9. The average Bonchev–Trinajstić information content (AvgIpc) is 2.45. The molecule has 0 aliphatic rings. The Morgan fingerprint density at radius 2 is 2.05 bits per heavy atom. The number of hydrogen-bond donors (Lipinski definition) is 1. The molecule has 0 spiro atoms. The van der Waals surface area contributed by atoms with E-state index in [1.807, 2.05) is 26.0 Å². The number of nitrogens with zero attached hydrogens (tertiary/aromatic N) is 1. The zero-order chi connectivity index (χ0) is 15.2. The lowest BCUT2D eigenvalue weighted by Crippen LogP contribution is -2.11. The molecule has 6 heteroatoms. The maximum atomic E-state index is 11.5. The highest BCUT2D eigenvalue weighted by molar-refractivity contribution is 7.99. The summed E-state index contributed by atoms with van der Waals surface area (Å²) in [6.45, 7) is 4.56. The lowest BCUT2D eigenvalue weighted by atomic mass is 10.1. The normalized spacial score (nSPS) is 10.9. The fraction of sp³-hybridized carbons (Fsp3) is 0.333. The molecular weight excluding hydrogens is 308 g/mol. The second-order valence-electron chi connectivity index (χ2n) is 4.78. The van der Waals surface area contributed by atoms with Crippen LogP contribution in [0.25, 0.3) is 0 Å². The van der Waals surface area contributed by atoms with Gasteiger partial charge in [-0.1, -0.05) is 37.2 Å². The van der Waals surface area contributed by atoms with Gasteiger partial charge in [0.05, 0.1) is 12.3 Å². The minimum absolute atomic E-state index is 0.116. The highest BCUT2D eigenvalue weighted by Crippen LogP contribution is 2.18. The predicted octanol–water partition coefficient (Wildman–Crippen LogP) is 3.72. The molecule has 0 fully saturated rings. The van der Waals surface area contributed by atoms with E-state index in [-0.39, 0.29) is 11.5 Å². The van der Waals surface area contributed by atoms with Gasteiger partial charge in [0, 0.05) is 16.8 Å². The summed E-state index contributed by atoms with van der Waals surface area (Å²) < 4.78 is 5.59. The number of H-pyrrole nitrogens is 1. The molecule has 21 heavy (non-hydrogen) atoms. The number of halogens is 1. The number of thioether (sulfide) groups is 1. The summed E-state index contributed by atoms with van der Waals surface area (Å²) in [4.78, 5) is 18.7. The summed E-state index contributed by atoms with van der Waals surface area (Å²) in [5, 5.41) is 1.31. The van der Waals surface area contributed by atoms with Gasteiger partial charge in [-0.3, -0.25) is 4.79 Å². The summed E-state index contributed by atoms with van der Waals surface area (Å²) >= 11 is 7.28. The molecule has 1 aromatic carbocycles. The van der Waals surface area contributed by atoms with Crippen LogP contribution in [0.15, 0.2) is 40.3 Å². The number of nitrogens with one attached hydrogen (secondary N) is 1. The van der Waals surface area contributed by atoms with Crippen LogP contribution in [0, 0.1) is 0 Å². The topological polar surface area (TPSA) is 55.0 Å². The molecular formula is C15H17ClN2O2S. The number of benzene rings is 1. The molecule has 112 valence electrons. The molecule has 2 rings (SSSR count).